The lowest BCUT2D eigenvalue weighted by Crippen LogP contribution is -2.53. The van der Waals surface area contributed by atoms with Crippen LogP contribution in [0.2, 0.25) is 0 Å². The highest BCUT2D eigenvalue weighted by molar-refractivity contribution is 5.64. The van der Waals surface area contributed by atoms with Crippen LogP contribution in [0.4, 0.5) is 11.4 Å². The van der Waals surface area contributed by atoms with Crippen molar-refractivity contribution >= 4 is 11.4 Å². The van der Waals surface area contributed by atoms with E-state index in [4.69, 9.17) is 0 Å². The predicted octanol–water partition coefficient (Wildman–Crippen LogP) is 2.89. The van der Waals surface area contributed by atoms with Crippen molar-refractivity contribution in [3.8, 4) is 0 Å². The number of benzene rings is 1. The Morgan fingerprint density at radius 2 is 2.06 bits per heavy atom. The molecule has 0 unspecified atom stereocenters. The standard InChI is InChI=1S/C14H20N2/c1-14(2)9-16(10-14)12-6-5-11-4-3-7-15-13(11)8-12/h5-6,8,15H,3-4,7,9-10H2,1-2H3. The van der Waals surface area contributed by atoms with Gasteiger partial charge in [0.2, 0.25) is 0 Å². The van der Waals surface area contributed by atoms with E-state index in [9.17, 15) is 0 Å². The smallest absolute Gasteiger partial charge is 0.0393 e. The maximum atomic E-state index is 3.50. The van der Waals surface area contributed by atoms with E-state index in [1.165, 1.54) is 42.9 Å². The lowest BCUT2D eigenvalue weighted by molar-refractivity contribution is 0.276. The molecule has 3 rings (SSSR count). The van der Waals surface area contributed by atoms with Crippen molar-refractivity contribution in [2.24, 2.45) is 5.41 Å². The largest absolute Gasteiger partial charge is 0.385 e. The minimum atomic E-state index is 0.503. The molecule has 1 N–H and O–H groups in total. The van der Waals surface area contributed by atoms with Crippen LogP contribution >= 0.6 is 0 Å². The van der Waals surface area contributed by atoms with Gasteiger partial charge in [0.25, 0.3) is 0 Å². The minimum absolute atomic E-state index is 0.503. The summed E-state index contributed by atoms with van der Waals surface area (Å²) in [6.07, 6.45) is 2.50. The summed E-state index contributed by atoms with van der Waals surface area (Å²) in [6.45, 7) is 8.17. The third kappa shape index (κ3) is 1.66. The fourth-order valence-corrected chi connectivity index (χ4v) is 2.82. The van der Waals surface area contributed by atoms with E-state index in [0.717, 1.165) is 6.54 Å². The van der Waals surface area contributed by atoms with Crippen LogP contribution in [-0.2, 0) is 6.42 Å². The van der Waals surface area contributed by atoms with Crippen molar-refractivity contribution in [2.75, 3.05) is 29.9 Å². The molecule has 0 radical (unpaired) electrons. The Hall–Kier alpha value is -1.18. The van der Waals surface area contributed by atoms with E-state index in [-0.39, 0.29) is 0 Å². The summed E-state index contributed by atoms with van der Waals surface area (Å²) >= 11 is 0. The zero-order valence-corrected chi connectivity index (χ0v) is 10.2. The highest BCUT2D eigenvalue weighted by Gasteiger charge is 2.34. The van der Waals surface area contributed by atoms with Crippen molar-refractivity contribution in [1.29, 1.82) is 0 Å². The molecular formula is C14H20N2. The molecule has 1 aromatic carbocycles. The summed E-state index contributed by atoms with van der Waals surface area (Å²) in [7, 11) is 0. The van der Waals surface area contributed by atoms with Gasteiger partial charge in [-0.3, -0.25) is 0 Å². The van der Waals surface area contributed by atoms with Crippen LogP contribution < -0.4 is 10.2 Å². The Morgan fingerprint density at radius 3 is 2.81 bits per heavy atom. The van der Waals surface area contributed by atoms with Gasteiger partial charge >= 0.3 is 0 Å². The monoisotopic (exact) mass is 216 g/mol. The molecular weight excluding hydrogens is 196 g/mol. The normalized spacial score (nSPS) is 22.0. The molecule has 0 bridgehead atoms. The topological polar surface area (TPSA) is 15.3 Å². The second-order valence-corrected chi connectivity index (χ2v) is 5.89. The third-order valence-electron chi connectivity index (χ3n) is 3.63. The van der Waals surface area contributed by atoms with E-state index < -0.39 is 0 Å². The number of nitrogens with one attached hydrogen (secondary N) is 1. The van der Waals surface area contributed by atoms with Gasteiger partial charge < -0.3 is 10.2 Å². The predicted molar refractivity (Wildman–Crippen MR) is 69.2 cm³/mol. The Bertz CT molecular complexity index is 401. The molecule has 1 fully saturated rings. The third-order valence-corrected chi connectivity index (χ3v) is 3.63. The summed E-state index contributed by atoms with van der Waals surface area (Å²) < 4.78 is 0. The number of anilines is 2. The molecule has 0 saturated carbocycles. The van der Waals surface area contributed by atoms with Gasteiger partial charge in [0.1, 0.15) is 0 Å². The maximum absolute atomic E-state index is 3.50. The highest BCUT2D eigenvalue weighted by atomic mass is 15.2. The summed E-state index contributed by atoms with van der Waals surface area (Å²) in [5.74, 6) is 0. The minimum Gasteiger partial charge on any atom is -0.385 e. The van der Waals surface area contributed by atoms with E-state index in [1.54, 1.807) is 0 Å². The molecule has 2 nitrogen and oxygen atoms in total. The Labute approximate surface area is 97.6 Å². The molecule has 2 heteroatoms. The van der Waals surface area contributed by atoms with Gasteiger partial charge in [0.15, 0.2) is 0 Å². The second-order valence-electron chi connectivity index (χ2n) is 5.89. The summed E-state index contributed by atoms with van der Waals surface area (Å²) in [4.78, 5) is 2.47. The van der Waals surface area contributed by atoms with Crippen LogP contribution in [0.1, 0.15) is 25.8 Å². The van der Waals surface area contributed by atoms with Gasteiger partial charge in [-0.05, 0) is 36.0 Å². The first-order valence-electron chi connectivity index (χ1n) is 6.26. The second kappa shape index (κ2) is 3.41. The fraction of sp³-hybridized carbons (Fsp3) is 0.571. The van der Waals surface area contributed by atoms with Crippen LogP contribution in [-0.4, -0.2) is 19.6 Å². The van der Waals surface area contributed by atoms with Crippen molar-refractivity contribution in [2.45, 2.75) is 26.7 Å². The van der Waals surface area contributed by atoms with Crippen molar-refractivity contribution in [3.05, 3.63) is 23.8 Å². The summed E-state index contributed by atoms with van der Waals surface area (Å²) in [5, 5.41) is 3.50. The van der Waals surface area contributed by atoms with Crippen LogP contribution in [0.25, 0.3) is 0 Å². The van der Waals surface area contributed by atoms with Gasteiger partial charge in [-0.15, -0.1) is 0 Å². The van der Waals surface area contributed by atoms with Crippen molar-refractivity contribution < 1.29 is 0 Å². The van der Waals surface area contributed by atoms with E-state index in [0.29, 0.717) is 5.41 Å². The van der Waals surface area contributed by atoms with Crippen molar-refractivity contribution in [1.82, 2.24) is 0 Å². The lowest BCUT2D eigenvalue weighted by Gasteiger charge is -2.47. The number of aryl methyl sites for hydroxylation is 1. The van der Waals surface area contributed by atoms with Crippen LogP contribution in [0.3, 0.4) is 0 Å². The Morgan fingerprint density at radius 1 is 1.25 bits per heavy atom. The maximum Gasteiger partial charge on any atom is 0.0393 e. The molecule has 0 spiro atoms. The molecule has 0 aliphatic carbocycles. The van der Waals surface area contributed by atoms with Crippen LogP contribution in [0.15, 0.2) is 18.2 Å². The first kappa shape index (κ1) is 10.0. The van der Waals surface area contributed by atoms with Gasteiger partial charge in [-0.2, -0.15) is 0 Å². The zero-order chi connectivity index (χ0) is 11.2. The molecule has 2 aliphatic rings. The molecule has 86 valence electrons. The molecule has 2 aliphatic heterocycles. The summed E-state index contributed by atoms with van der Waals surface area (Å²) in [6, 6.07) is 6.90. The molecule has 0 aromatic heterocycles. The van der Waals surface area contributed by atoms with Crippen molar-refractivity contribution in [3.63, 3.8) is 0 Å². The van der Waals surface area contributed by atoms with E-state index >= 15 is 0 Å². The first-order valence-corrected chi connectivity index (χ1v) is 6.26. The van der Waals surface area contributed by atoms with Crippen LogP contribution in [0.5, 0.6) is 0 Å². The Balaban J connectivity index is 1.82. The molecule has 1 saturated heterocycles. The molecule has 16 heavy (non-hydrogen) atoms. The molecule has 0 amide bonds. The lowest BCUT2D eigenvalue weighted by atomic mass is 9.84. The molecule has 0 atom stereocenters. The quantitative estimate of drug-likeness (QED) is 0.776. The fourth-order valence-electron chi connectivity index (χ4n) is 2.82. The summed E-state index contributed by atoms with van der Waals surface area (Å²) in [5.41, 5.74) is 4.72. The van der Waals surface area contributed by atoms with Gasteiger partial charge in [-0.25, -0.2) is 0 Å². The zero-order valence-electron chi connectivity index (χ0n) is 10.2. The van der Waals surface area contributed by atoms with E-state index in [1.807, 2.05) is 0 Å². The number of rotatable bonds is 1. The van der Waals surface area contributed by atoms with Crippen LogP contribution in [0, 0.1) is 5.41 Å². The van der Waals surface area contributed by atoms with Gasteiger partial charge in [-0.1, -0.05) is 19.9 Å². The first-order chi connectivity index (χ1) is 7.64. The average Bonchev–Trinajstić information content (AvgIpc) is 2.25. The van der Waals surface area contributed by atoms with Gasteiger partial charge in [0.05, 0.1) is 0 Å². The number of fused-ring (bicyclic) bond motifs is 1. The van der Waals surface area contributed by atoms with Gasteiger partial charge in [0, 0.05) is 31.0 Å². The van der Waals surface area contributed by atoms with E-state index in [2.05, 4.69) is 42.3 Å². The SMILES string of the molecule is CC1(C)CN(c2ccc3c(c2)NCCC3)C1. The number of hydrogen-bond acceptors (Lipinski definition) is 2. The highest BCUT2D eigenvalue weighted by Crippen LogP contribution is 2.35. The number of nitrogens with zero attached hydrogens (tertiary/aromatic N) is 1. The number of hydrogen-bond donors (Lipinski definition) is 1. The molecule has 1 aromatic rings. The average molecular weight is 216 g/mol. The Kier molecular flexibility index (Phi) is 2.13. The molecule has 2 heterocycles.